The van der Waals surface area contributed by atoms with Crippen LogP contribution in [0.4, 0.5) is 13.2 Å². The van der Waals surface area contributed by atoms with Crippen molar-refractivity contribution in [1.29, 1.82) is 0 Å². The average Bonchev–Trinajstić information content (AvgIpc) is 3.12. The van der Waals surface area contributed by atoms with Crippen molar-refractivity contribution >= 4 is 29.9 Å². The van der Waals surface area contributed by atoms with E-state index < -0.39 is 17.8 Å². The minimum absolute atomic E-state index is 0. The Labute approximate surface area is 190 Å². The lowest BCUT2D eigenvalue weighted by atomic mass is 10.0. The number of ether oxygens (including phenoxy) is 1. The average molecular weight is 539 g/mol. The molecular weight excluding hydrogens is 514 g/mol. The second-order valence-corrected chi connectivity index (χ2v) is 6.65. The van der Waals surface area contributed by atoms with Gasteiger partial charge in [-0.1, -0.05) is 17.3 Å². The van der Waals surface area contributed by atoms with Crippen LogP contribution in [0, 0.1) is 6.92 Å². The zero-order valence-electron chi connectivity index (χ0n) is 16.8. The van der Waals surface area contributed by atoms with Crippen molar-refractivity contribution in [3.8, 4) is 0 Å². The number of morpholine rings is 1. The Morgan fingerprint density at radius 2 is 2.17 bits per heavy atom. The molecule has 1 N–H and O–H groups in total. The Morgan fingerprint density at radius 1 is 1.37 bits per heavy atom. The van der Waals surface area contributed by atoms with Gasteiger partial charge >= 0.3 is 6.18 Å². The van der Waals surface area contributed by atoms with E-state index in [-0.39, 0.29) is 24.0 Å². The third-order valence-corrected chi connectivity index (χ3v) is 4.44. The lowest BCUT2D eigenvalue weighted by Gasteiger charge is -2.35. The standard InChI is InChI=1S/C19H24F3N5O2.HI/c1-3-23-18(24-8-7-17-25-13(2)26-29-17)27-9-10-28-16(12-27)14-5-4-6-15(11-14)19(20,21)22;/h4-6,11,16H,3,7-10,12H2,1-2H3,(H,23,24);1H. The fraction of sp³-hybridized carbons (Fsp3) is 0.526. The smallest absolute Gasteiger partial charge is 0.370 e. The molecule has 0 spiro atoms. The van der Waals surface area contributed by atoms with Gasteiger partial charge in [0.1, 0.15) is 6.10 Å². The van der Waals surface area contributed by atoms with Crippen LogP contribution in [0.3, 0.4) is 0 Å². The van der Waals surface area contributed by atoms with Gasteiger partial charge in [-0.15, -0.1) is 24.0 Å². The molecule has 0 aliphatic carbocycles. The third kappa shape index (κ3) is 6.56. The first-order valence-corrected chi connectivity index (χ1v) is 9.48. The van der Waals surface area contributed by atoms with E-state index in [4.69, 9.17) is 9.26 Å². The van der Waals surface area contributed by atoms with Gasteiger partial charge in [-0.25, -0.2) is 0 Å². The molecule has 1 aliphatic rings. The van der Waals surface area contributed by atoms with Crippen LogP contribution in [0.1, 0.15) is 35.9 Å². The number of aromatic nitrogens is 2. The van der Waals surface area contributed by atoms with E-state index in [0.717, 1.165) is 12.1 Å². The quantitative estimate of drug-likeness (QED) is 0.356. The van der Waals surface area contributed by atoms with Gasteiger partial charge in [0.15, 0.2) is 11.8 Å². The minimum Gasteiger partial charge on any atom is -0.370 e. The highest BCUT2D eigenvalue weighted by Crippen LogP contribution is 2.32. The highest BCUT2D eigenvalue weighted by atomic mass is 127. The lowest BCUT2D eigenvalue weighted by Crippen LogP contribution is -2.48. The monoisotopic (exact) mass is 539 g/mol. The summed E-state index contributed by atoms with van der Waals surface area (Å²) in [6, 6.07) is 5.28. The number of aliphatic imine (C=N–C) groups is 1. The van der Waals surface area contributed by atoms with E-state index in [9.17, 15) is 13.2 Å². The second-order valence-electron chi connectivity index (χ2n) is 6.65. The highest BCUT2D eigenvalue weighted by Gasteiger charge is 2.32. The SMILES string of the molecule is CCNC(=NCCc1nc(C)no1)N1CCOC(c2cccc(C(F)(F)F)c2)C1.I. The van der Waals surface area contributed by atoms with Crippen LogP contribution in [0.2, 0.25) is 0 Å². The molecule has 1 atom stereocenters. The summed E-state index contributed by atoms with van der Waals surface area (Å²) in [5.74, 6) is 1.78. The normalized spacial score (nSPS) is 17.6. The molecule has 1 fully saturated rings. The van der Waals surface area contributed by atoms with Gasteiger partial charge in [-0.2, -0.15) is 18.2 Å². The zero-order valence-corrected chi connectivity index (χ0v) is 19.1. The number of guanidine groups is 1. The van der Waals surface area contributed by atoms with E-state index >= 15 is 0 Å². The highest BCUT2D eigenvalue weighted by molar-refractivity contribution is 14.0. The zero-order chi connectivity index (χ0) is 20.9. The third-order valence-electron chi connectivity index (χ3n) is 4.44. The van der Waals surface area contributed by atoms with Gasteiger partial charge < -0.3 is 19.5 Å². The van der Waals surface area contributed by atoms with Gasteiger partial charge in [0.05, 0.1) is 25.3 Å². The number of hydrogen-bond donors (Lipinski definition) is 1. The van der Waals surface area contributed by atoms with Crippen LogP contribution in [-0.4, -0.2) is 53.8 Å². The fourth-order valence-corrected chi connectivity index (χ4v) is 3.08. The van der Waals surface area contributed by atoms with Crippen molar-refractivity contribution in [1.82, 2.24) is 20.4 Å². The first kappa shape index (κ1) is 24.4. The molecule has 1 aromatic heterocycles. The molecule has 0 bridgehead atoms. The number of halogens is 4. The summed E-state index contributed by atoms with van der Waals surface area (Å²) < 4.78 is 49.9. The van der Waals surface area contributed by atoms with Gasteiger partial charge in [-0.05, 0) is 31.5 Å². The molecule has 1 saturated heterocycles. The van der Waals surface area contributed by atoms with Crippen LogP contribution >= 0.6 is 24.0 Å². The molecule has 30 heavy (non-hydrogen) atoms. The van der Waals surface area contributed by atoms with E-state index in [2.05, 4.69) is 20.4 Å². The first-order valence-electron chi connectivity index (χ1n) is 9.48. The van der Waals surface area contributed by atoms with Crippen molar-refractivity contribution in [2.75, 3.05) is 32.8 Å². The maximum absolute atomic E-state index is 13.0. The Balaban J connectivity index is 0.00000320. The molecule has 1 aliphatic heterocycles. The van der Waals surface area contributed by atoms with Crippen LogP contribution < -0.4 is 5.32 Å². The lowest BCUT2D eigenvalue weighted by molar-refractivity contribution is -0.137. The molecule has 166 valence electrons. The van der Waals surface area contributed by atoms with Gasteiger partial charge in [0.25, 0.3) is 0 Å². The second kappa shape index (κ2) is 10.9. The molecule has 1 aromatic carbocycles. The van der Waals surface area contributed by atoms with Gasteiger partial charge in [-0.3, -0.25) is 4.99 Å². The number of alkyl halides is 3. The van der Waals surface area contributed by atoms with Crippen LogP contribution in [0.25, 0.3) is 0 Å². The number of benzene rings is 1. The summed E-state index contributed by atoms with van der Waals surface area (Å²) >= 11 is 0. The summed E-state index contributed by atoms with van der Waals surface area (Å²) in [6.45, 7) is 6.24. The van der Waals surface area contributed by atoms with Crippen molar-refractivity contribution in [2.24, 2.45) is 4.99 Å². The van der Waals surface area contributed by atoms with E-state index in [1.807, 2.05) is 11.8 Å². The van der Waals surface area contributed by atoms with Gasteiger partial charge in [0, 0.05) is 19.5 Å². The Hall–Kier alpha value is -1.89. The van der Waals surface area contributed by atoms with Crippen molar-refractivity contribution in [3.63, 3.8) is 0 Å². The molecule has 2 aromatic rings. The largest absolute Gasteiger partial charge is 0.416 e. The van der Waals surface area contributed by atoms with Crippen LogP contribution in [0.15, 0.2) is 33.8 Å². The Morgan fingerprint density at radius 3 is 2.83 bits per heavy atom. The Kier molecular flexibility index (Phi) is 8.89. The topological polar surface area (TPSA) is 75.8 Å². The summed E-state index contributed by atoms with van der Waals surface area (Å²) in [5.41, 5.74) is -0.173. The number of aryl methyl sites for hydroxylation is 1. The number of rotatable bonds is 5. The molecule has 0 radical (unpaired) electrons. The molecular formula is C19H25F3IN5O2. The van der Waals surface area contributed by atoms with Crippen molar-refractivity contribution in [3.05, 3.63) is 47.1 Å². The summed E-state index contributed by atoms with van der Waals surface area (Å²) in [5, 5.41) is 6.98. The molecule has 3 rings (SSSR count). The molecule has 0 saturated carbocycles. The predicted octanol–water partition coefficient (Wildman–Crippen LogP) is 3.60. The molecule has 1 unspecified atom stereocenters. The maximum Gasteiger partial charge on any atom is 0.416 e. The summed E-state index contributed by atoms with van der Waals surface area (Å²) in [4.78, 5) is 10.7. The van der Waals surface area contributed by atoms with E-state index in [0.29, 0.717) is 62.4 Å². The molecule has 0 amide bonds. The summed E-state index contributed by atoms with van der Waals surface area (Å²) in [6.07, 6.45) is -4.33. The van der Waals surface area contributed by atoms with E-state index in [1.54, 1.807) is 13.0 Å². The fourth-order valence-electron chi connectivity index (χ4n) is 3.08. The number of hydrogen-bond acceptors (Lipinski definition) is 5. The maximum atomic E-state index is 13.0. The predicted molar refractivity (Wildman–Crippen MR) is 116 cm³/mol. The Bertz CT molecular complexity index is 844. The van der Waals surface area contributed by atoms with Crippen molar-refractivity contribution in [2.45, 2.75) is 32.5 Å². The van der Waals surface area contributed by atoms with Crippen LogP contribution in [-0.2, 0) is 17.3 Å². The summed E-state index contributed by atoms with van der Waals surface area (Å²) in [7, 11) is 0. The van der Waals surface area contributed by atoms with Crippen LogP contribution in [0.5, 0.6) is 0 Å². The first-order chi connectivity index (χ1) is 13.9. The number of nitrogens with one attached hydrogen (secondary N) is 1. The minimum atomic E-state index is -4.38. The molecule has 2 heterocycles. The molecule has 7 nitrogen and oxygen atoms in total. The van der Waals surface area contributed by atoms with Crippen molar-refractivity contribution < 1.29 is 22.4 Å². The number of nitrogens with zero attached hydrogens (tertiary/aromatic N) is 4. The van der Waals surface area contributed by atoms with E-state index in [1.165, 1.54) is 6.07 Å². The van der Waals surface area contributed by atoms with Gasteiger partial charge in [0.2, 0.25) is 5.89 Å². The molecule has 11 heteroatoms.